The van der Waals surface area contributed by atoms with Crippen molar-refractivity contribution in [2.24, 2.45) is 0 Å². The largest absolute Gasteiger partial charge is 0.206 e. The van der Waals surface area contributed by atoms with Crippen LogP contribution in [0.2, 0.25) is 5.02 Å². The molecule has 0 nitrogen and oxygen atoms in total. The summed E-state index contributed by atoms with van der Waals surface area (Å²) in [5.74, 6) is -1.15. The Kier molecular flexibility index (Phi) is 5.50. The molecular formula is C22H19ClF2. The van der Waals surface area contributed by atoms with Crippen LogP contribution >= 0.6 is 11.6 Å². The van der Waals surface area contributed by atoms with Gasteiger partial charge in [0.1, 0.15) is 11.6 Å². The maximum absolute atomic E-state index is 14.6. The van der Waals surface area contributed by atoms with Gasteiger partial charge >= 0.3 is 0 Å². The number of unbranched alkanes of at least 4 members (excludes halogenated alkanes) is 1. The van der Waals surface area contributed by atoms with Crippen molar-refractivity contribution in [2.45, 2.75) is 26.2 Å². The second-order valence-corrected chi connectivity index (χ2v) is 6.56. The van der Waals surface area contributed by atoms with Crippen LogP contribution in [0, 0.1) is 11.6 Å². The molecule has 0 aliphatic heterocycles. The Balaban J connectivity index is 1.93. The number of aryl methyl sites for hydroxylation is 1. The van der Waals surface area contributed by atoms with E-state index in [-0.39, 0.29) is 5.56 Å². The van der Waals surface area contributed by atoms with Crippen molar-refractivity contribution in [1.29, 1.82) is 0 Å². The van der Waals surface area contributed by atoms with Crippen molar-refractivity contribution < 1.29 is 8.78 Å². The van der Waals surface area contributed by atoms with Crippen LogP contribution < -0.4 is 0 Å². The number of hydrogen-bond acceptors (Lipinski definition) is 0. The number of rotatable bonds is 5. The molecular weight excluding hydrogens is 338 g/mol. The second kappa shape index (κ2) is 7.79. The topological polar surface area (TPSA) is 0 Å². The summed E-state index contributed by atoms with van der Waals surface area (Å²) in [6, 6.07) is 17.1. The van der Waals surface area contributed by atoms with Crippen LogP contribution in [-0.4, -0.2) is 0 Å². The highest BCUT2D eigenvalue weighted by molar-refractivity contribution is 6.30. The van der Waals surface area contributed by atoms with E-state index in [1.54, 1.807) is 24.3 Å². The predicted molar refractivity (Wildman–Crippen MR) is 101 cm³/mol. The third-order valence-electron chi connectivity index (χ3n) is 4.28. The molecule has 3 rings (SSSR count). The molecule has 3 heteroatoms. The predicted octanol–water partition coefficient (Wildman–Crippen LogP) is 7.29. The van der Waals surface area contributed by atoms with Gasteiger partial charge in [0.15, 0.2) is 0 Å². The first kappa shape index (κ1) is 17.6. The summed E-state index contributed by atoms with van der Waals surface area (Å²) in [5, 5.41) is 0.532. The molecule has 0 fully saturated rings. The smallest absolute Gasteiger partial charge is 0.134 e. The highest BCUT2D eigenvalue weighted by Crippen LogP contribution is 2.31. The molecule has 3 aromatic carbocycles. The summed E-state index contributed by atoms with van der Waals surface area (Å²) < 4.78 is 29.1. The van der Waals surface area contributed by atoms with Gasteiger partial charge in [-0.05, 0) is 59.4 Å². The zero-order chi connectivity index (χ0) is 17.8. The molecule has 0 aliphatic carbocycles. The van der Waals surface area contributed by atoms with E-state index in [1.165, 1.54) is 17.7 Å². The van der Waals surface area contributed by atoms with Gasteiger partial charge in [-0.2, -0.15) is 0 Å². The highest BCUT2D eigenvalue weighted by atomic mass is 35.5. The highest BCUT2D eigenvalue weighted by Gasteiger charge is 2.14. The number of benzene rings is 3. The van der Waals surface area contributed by atoms with Gasteiger partial charge in [-0.25, -0.2) is 8.78 Å². The van der Waals surface area contributed by atoms with Crippen LogP contribution in [0.1, 0.15) is 25.3 Å². The van der Waals surface area contributed by atoms with Gasteiger partial charge < -0.3 is 0 Å². The van der Waals surface area contributed by atoms with Gasteiger partial charge in [-0.15, -0.1) is 0 Å². The van der Waals surface area contributed by atoms with Crippen molar-refractivity contribution in [3.8, 4) is 22.3 Å². The Morgan fingerprint density at radius 1 is 0.760 bits per heavy atom. The standard InChI is InChI=1S/C22H19ClF2/c1-2-3-4-15-5-7-16(8-6-15)18-13-20(24)22(21(25)14-18)17-9-11-19(23)12-10-17/h5-14H,2-4H2,1H3. The van der Waals surface area contributed by atoms with Gasteiger partial charge in [-0.1, -0.05) is 61.3 Å². The summed E-state index contributed by atoms with van der Waals surface area (Å²) in [6.45, 7) is 2.15. The molecule has 0 N–H and O–H groups in total. The molecule has 0 unspecified atom stereocenters. The lowest BCUT2D eigenvalue weighted by atomic mass is 9.97. The fourth-order valence-electron chi connectivity index (χ4n) is 2.88. The first-order valence-electron chi connectivity index (χ1n) is 8.43. The molecule has 0 atom stereocenters. The molecule has 0 saturated heterocycles. The summed E-state index contributed by atoms with van der Waals surface area (Å²) in [6.07, 6.45) is 3.30. The number of hydrogen-bond donors (Lipinski definition) is 0. The second-order valence-electron chi connectivity index (χ2n) is 6.12. The van der Waals surface area contributed by atoms with Crippen molar-refractivity contribution in [1.82, 2.24) is 0 Å². The van der Waals surface area contributed by atoms with E-state index in [0.717, 1.165) is 24.8 Å². The van der Waals surface area contributed by atoms with Crippen molar-refractivity contribution in [3.63, 3.8) is 0 Å². The Labute approximate surface area is 152 Å². The van der Waals surface area contributed by atoms with Gasteiger partial charge in [0.25, 0.3) is 0 Å². The van der Waals surface area contributed by atoms with Crippen LogP contribution in [0.3, 0.4) is 0 Å². The minimum atomic E-state index is -0.576. The van der Waals surface area contributed by atoms with E-state index in [9.17, 15) is 8.78 Å². The van der Waals surface area contributed by atoms with Crippen molar-refractivity contribution >= 4 is 11.6 Å². The molecule has 0 aliphatic rings. The van der Waals surface area contributed by atoms with Crippen LogP contribution in [0.5, 0.6) is 0 Å². The van der Waals surface area contributed by atoms with Gasteiger partial charge in [0.2, 0.25) is 0 Å². The third-order valence-corrected chi connectivity index (χ3v) is 4.53. The van der Waals surface area contributed by atoms with E-state index in [0.29, 0.717) is 16.1 Å². The first-order chi connectivity index (χ1) is 12.1. The first-order valence-corrected chi connectivity index (χ1v) is 8.80. The fourth-order valence-corrected chi connectivity index (χ4v) is 3.00. The van der Waals surface area contributed by atoms with Crippen LogP contribution in [0.25, 0.3) is 22.3 Å². The lowest BCUT2D eigenvalue weighted by Crippen LogP contribution is -1.93. The lowest BCUT2D eigenvalue weighted by molar-refractivity contribution is 0.590. The molecule has 0 saturated carbocycles. The minimum Gasteiger partial charge on any atom is -0.206 e. The van der Waals surface area contributed by atoms with Gasteiger partial charge in [-0.3, -0.25) is 0 Å². The van der Waals surface area contributed by atoms with E-state index in [2.05, 4.69) is 6.92 Å². The van der Waals surface area contributed by atoms with Gasteiger partial charge in [0.05, 0.1) is 5.56 Å². The van der Waals surface area contributed by atoms with E-state index in [1.807, 2.05) is 24.3 Å². The normalized spacial score (nSPS) is 10.9. The number of halogens is 3. The molecule has 25 heavy (non-hydrogen) atoms. The maximum Gasteiger partial charge on any atom is 0.134 e. The Bertz CT molecular complexity index is 829. The molecule has 0 bridgehead atoms. The summed E-state index contributed by atoms with van der Waals surface area (Å²) in [5.41, 5.74) is 3.03. The summed E-state index contributed by atoms with van der Waals surface area (Å²) in [4.78, 5) is 0. The average molecular weight is 357 g/mol. The van der Waals surface area contributed by atoms with E-state index in [4.69, 9.17) is 11.6 Å². The van der Waals surface area contributed by atoms with Crippen molar-refractivity contribution in [3.05, 3.63) is 82.9 Å². The van der Waals surface area contributed by atoms with Crippen LogP contribution in [-0.2, 0) is 6.42 Å². The summed E-state index contributed by atoms with van der Waals surface area (Å²) >= 11 is 5.84. The molecule has 0 spiro atoms. The van der Waals surface area contributed by atoms with Crippen LogP contribution in [0.15, 0.2) is 60.7 Å². The van der Waals surface area contributed by atoms with Crippen molar-refractivity contribution in [2.75, 3.05) is 0 Å². The van der Waals surface area contributed by atoms with Crippen LogP contribution in [0.4, 0.5) is 8.78 Å². The van der Waals surface area contributed by atoms with E-state index < -0.39 is 11.6 Å². The Hall–Kier alpha value is -2.19. The Morgan fingerprint density at radius 3 is 1.88 bits per heavy atom. The maximum atomic E-state index is 14.6. The molecule has 0 aromatic heterocycles. The minimum absolute atomic E-state index is 0.0278. The molecule has 3 aromatic rings. The quantitative estimate of drug-likeness (QED) is 0.450. The molecule has 128 valence electrons. The summed E-state index contributed by atoms with van der Waals surface area (Å²) in [7, 11) is 0. The molecule has 0 radical (unpaired) electrons. The van der Waals surface area contributed by atoms with Gasteiger partial charge in [0, 0.05) is 5.02 Å². The Morgan fingerprint density at radius 2 is 1.32 bits per heavy atom. The zero-order valence-corrected chi connectivity index (χ0v) is 14.8. The monoisotopic (exact) mass is 356 g/mol. The lowest BCUT2D eigenvalue weighted by Gasteiger charge is -2.10. The average Bonchev–Trinajstić information content (AvgIpc) is 2.61. The molecule has 0 amide bonds. The molecule has 0 heterocycles. The SMILES string of the molecule is CCCCc1ccc(-c2cc(F)c(-c3ccc(Cl)cc3)c(F)c2)cc1. The fraction of sp³-hybridized carbons (Fsp3) is 0.182. The zero-order valence-electron chi connectivity index (χ0n) is 14.0. The third kappa shape index (κ3) is 4.08. The van der Waals surface area contributed by atoms with E-state index >= 15 is 0 Å².